The maximum atomic E-state index is 14.7. The number of sulfone groups is 1. The van der Waals surface area contributed by atoms with E-state index in [1.165, 1.54) is 24.3 Å². The van der Waals surface area contributed by atoms with Gasteiger partial charge in [0, 0.05) is 17.0 Å². The van der Waals surface area contributed by atoms with Gasteiger partial charge in [-0.3, -0.25) is 0 Å². The SMILES string of the molecule is O=CCC[C@H]1CC[C@](c2cc(F)ccc2F)(S(=O)(=O)c2ccc(Cl)cc2)CC1. The molecule has 150 valence electrons. The second-order valence-corrected chi connectivity index (χ2v) is 9.96. The van der Waals surface area contributed by atoms with Crippen LogP contribution in [0, 0.1) is 17.6 Å². The van der Waals surface area contributed by atoms with Crippen LogP contribution in [0.25, 0.3) is 0 Å². The van der Waals surface area contributed by atoms with Crippen LogP contribution in [0.1, 0.15) is 44.1 Å². The van der Waals surface area contributed by atoms with Gasteiger partial charge in [-0.25, -0.2) is 17.2 Å². The molecular formula is C21H21ClF2O3S. The smallest absolute Gasteiger partial charge is 0.188 e. The number of hydrogen-bond donors (Lipinski definition) is 0. The summed E-state index contributed by atoms with van der Waals surface area (Å²) in [6.07, 6.45) is 3.32. The summed E-state index contributed by atoms with van der Waals surface area (Å²) in [7, 11) is -4.01. The molecule has 0 aromatic heterocycles. The minimum Gasteiger partial charge on any atom is -0.303 e. The Labute approximate surface area is 168 Å². The first-order valence-corrected chi connectivity index (χ1v) is 11.1. The first kappa shape index (κ1) is 20.9. The molecule has 0 unspecified atom stereocenters. The van der Waals surface area contributed by atoms with Gasteiger partial charge in [0.05, 0.1) is 4.90 Å². The fraction of sp³-hybridized carbons (Fsp3) is 0.381. The number of halogens is 3. The molecule has 0 aliphatic heterocycles. The highest BCUT2D eigenvalue weighted by Crippen LogP contribution is 2.49. The molecule has 1 saturated carbocycles. The Morgan fingerprint density at radius 2 is 1.71 bits per heavy atom. The van der Waals surface area contributed by atoms with E-state index in [0.717, 1.165) is 24.5 Å². The van der Waals surface area contributed by atoms with Crippen molar-refractivity contribution in [2.45, 2.75) is 48.2 Å². The summed E-state index contributed by atoms with van der Waals surface area (Å²) in [5.74, 6) is -1.22. The van der Waals surface area contributed by atoms with Crippen LogP contribution in [0.15, 0.2) is 47.4 Å². The van der Waals surface area contributed by atoms with Crippen molar-refractivity contribution in [3.8, 4) is 0 Å². The summed E-state index contributed by atoms with van der Waals surface area (Å²) in [4.78, 5) is 10.7. The quantitative estimate of drug-likeness (QED) is 0.576. The molecular weight excluding hydrogens is 406 g/mol. The first-order chi connectivity index (χ1) is 13.3. The second-order valence-electron chi connectivity index (χ2n) is 7.26. The van der Waals surface area contributed by atoms with Gasteiger partial charge in [0.15, 0.2) is 9.84 Å². The van der Waals surface area contributed by atoms with E-state index < -0.39 is 26.2 Å². The molecule has 0 saturated heterocycles. The summed E-state index contributed by atoms with van der Waals surface area (Å²) in [5, 5.41) is 0.391. The average Bonchev–Trinajstić information content (AvgIpc) is 2.69. The molecule has 0 amide bonds. The van der Waals surface area contributed by atoms with Crippen LogP contribution in [-0.4, -0.2) is 14.7 Å². The number of hydrogen-bond acceptors (Lipinski definition) is 3. The zero-order valence-electron chi connectivity index (χ0n) is 15.2. The topological polar surface area (TPSA) is 51.2 Å². The maximum absolute atomic E-state index is 14.7. The van der Waals surface area contributed by atoms with Crippen molar-refractivity contribution in [1.29, 1.82) is 0 Å². The lowest BCUT2D eigenvalue weighted by Gasteiger charge is -2.40. The summed E-state index contributed by atoms with van der Waals surface area (Å²) < 4.78 is 54.3. The normalized spacial score (nSPS) is 22.8. The fourth-order valence-electron chi connectivity index (χ4n) is 4.11. The van der Waals surface area contributed by atoms with Gasteiger partial charge in [-0.15, -0.1) is 0 Å². The minimum absolute atomic E-state index is 0.0342. The summed E-state index contributed by atoms with van der Waals surface area (Å²) in [5.41, 5.74) is -0.128. The van der Waals surface area contributed by atoms with Gasteiger partial charge in [-0.05, 0) is 80.5 Å². The van der Waals surface area contributed by atoms with Crippen LogP contribution in [0.5, 0.6) is 0 Å². The van der Waals surface area contributed by atoms with E-state index in [1.54, 1.807) is 0 Å². The minimum atomic E-state index is -4.01. The molecule has 0 heterocycles. The Morgan fingerprint density at radius 3 is 2.32 bits per heavy atom. The highest BCUT2D eigenvalue weighted by molar-refractivity contribution is 7.92. The van der Waals surface area contributed by atoms with Gasteiger partial charge in [0.1, 0.15) is 22.7 Å². The van der Waals surface area contributed by atoms with Crippen LogP contribution >= 0.6 is 11.6 Å². The van der Waals surface area contributed by atoms with Crippen LogP contribution in [0.3, 0.4) is 0 Å². The van der Waals surface area contributed by atoms with Crippen molar-refractivity contribution >= 4 is 27.7 Å². The van der Waals surface area contributed by atoms with Crippen molar-refractivity contribution in [2.24, 2.45) is 5.92 Å². The molecule has 0 radical (unpaired) electrons. The van der Waals surface area contributed by atoms with Crippen LogP contribution < -0.4 is 0 Å². The number of carbonyl (C=O) groups excluding carboxylic acids is 1. The lowest BCUT2D eigenvalue weighted by Crippen LogP contribution is -2.40. The molecule has 0 bridgehead atoms. The average molecular weight is 427 g/mol. The molecule has 1 aliphatic rings. The zero-order chi connectivity index (χ0) is 20.4. The van der Waals surface area contributed by atoms with Gasteiger partial charge in [0.25, 0.3) is 0 Å². The van der Waals surface area contributed by atoms with Crippen molar-refractivity contribution in [3.05, 3.63) is 64.7 Å². The standard InChI is InChI=1S/C21H21ClF2O3S/c22-16-3-6-18(7-4-16)28(26,27)21(19-14-17(23)5-8-20(19)24)11-9-15(10-12-21)2-1-13-25/h3-8,13-15H,1-2,9-12H2/t15-,21-. The van der Waals surface area contributed by atoms with E-state index in [0.29, 0.717) is 30.7 Å². The van der Waals surface area contributed by atoms with Crippen molar-refractivity contribution in [3.63, 3.8) is 0 Å². The number of rotatable bonds is 6. The van der Waals surface area contributed by atoms with E-state index in [-0.39, 0.29) is 29.2 Å². The maximum Gasteiger partial charge on any atom is 0.188 e. The van der Waals surface area contributed by atoms with Gasteiger partial charge in [-0.1, -0.05) is 11.6 Å². The lowest BCUT2D eigenvalue weighted by molar-refractivity contribution is -0.108. The molecule has 28 heavy (non-hydrogen) atoms. The molecule has 0 spiro atoms. The van der Waals surface area contributed by atoms with Gasteiger partial charge in [0.2, 0.25) is 0 Å². The number of benzene rings is 2. The van der Waals surface area contributed by atoms with E-state index in [9.17, 15) is 22.0 Å². The van der Waals surface area contributed by atoms with Crippen molar-refractivity contribution in [1.82, 2.24) is 0 Å². The third kappa shape index (κ3) is 3.85. The van der Waals surface area contributed by atoms with Gasteiger partial charge in [-0.2, -0.15) is 0 Å². The van der Waals surface area contributed by atoms with E-state index in [4.69, 9.17) is 11.6 Å². The second kappa shape index (κ2) is 8.29. The van der Waals surface area contributed by atoms with E-state index in [1.807, 2.05) is 0 Å². The van der Waals surface area contributed by atoms with Crippen LogP contribution in [0.4, 0.5) is 8.78 Å². The predicted molar refractivity (Wildman–Crippen MR) is 104 cm³/mol. The molecule has 3 nitrogen and oxygen atoms in total. The van der Waals surface area contributed by atoms with Crippen molar-refractivity contribution in [2.75, 3.05) is 0 Å². The zero-order valence-corrected chi connectivity index (χ0v) is 16.8. The monoisotopic (exact) mass is 426 g/mol. The molecule has 0 atom stereocenters. The van der Waals surface area contributed by atoms with Crippen LogP contribution in [-0.2, 0) is 19.4 Å². The third-order valence-electron chi connectivity index (χ3n) is 5.66. The highest BCUT2D eigenvalue weighted by atomic mass is 35.5. The van der Waals surface area contributed by atoms with Crippen molar-refractivity contribution < 1.29 is 22.0 Å². The molecule has 7 heteroatoms. The number of aldehydes is 1. The van der Waals surface area contributed by atoms with Gasteiger partial charge < -0.3 is 4.79 Å². The Bertz CT molecular complexity index is 950. The predicted octanol–water partition coefficient (Wildman–Crippen LogP) is 5.46. The van der Waals surface area contributed by atoms with E-state index in [2.05, 4.69) is 0 Å². The van der Waals surface area contributed by atoms with E-state index >= 15 is 0 Å². The third-order valence-corrected chi connectivity index (χ3v) is 8.46. The molecule has 1 fully saturated rings. The Balaban J connectivity index is 2.09. The van der Waals surface area contributed by atoms with Crippen LogP contribution in [0.2, 0.25) is 5.02 Å². The van der Waals surface area contributed by atoms with Gasteiger partial charge >= 0.3 is 0 Å². The largest absolute Gasteiger partial charge is 0.303 e. The summed E-state index contributed by atoms with van der Waals surface area (Å²) in [6, 6.07) is 8.69. The summed E-state index contributed by atoms with van der Waals surface area (Å²) >= 11 is 5.88. The molecule has 2 aromatic carbocycles. The summed E-state index contributed by atoms with van der Waals surface area (Å²) in [6.45, 7) is 0. The Hall–Kier alpha value is -1.79. The fourth-order valence-corrected chi connectivity index (χ4v) is 6.40. The Morgan fingerprint density at radius 1 is 1.07 bits per heavy atom. The molecule has 1 aliphatic carbocycles. The first-order valence-electron chi connectivity index (χ1n) is 9.19. The lowest BCUT2D eigenvalue weighted by atomic mass is 9.76. The highest BCUT2D eigenvalue weighted by Gasteiger charge is 2.49. The molecule has 2 aromatic rings. The Kier molecular flexibility index (Phi) is 6.20. The molecule has 0 N–H and O–H groups in total. The molecule has 3 rings (SSSR count). The number of carbonyl (C=O) groups is 1.